The SMILES string of the molecule is CN=C(NCCCn1c(C)nc2ccccc21)NCc1ccc(Cl)cc1. The van der Waals surface area contributed by atoms with Gasteiger partial charge in [-0.25, -0.2) is 4.98 Å². The van der Waals surface area contributed by atoms with Gasteiger partial charge in [-0.15, -0.1) is 0 Å². The maximum absolute atomic E-state index is 5.91. The lowest BCUT2D eigenvalue weighted by molar-refractivity contribution is 0.624. The molecule has 2 aromatic carbocycles. The van der Waals surface area contributed by atoms with Crippen LogP contribution < -0.4 is 10.6 Å². The van der Waals surface area contributed by atoms with E-state index >= 15 is 0 Å². The molecular formula is C20H24ClN5. The molecule has 0 bridgehead atoms. The number of fused-ring (bicyclic) bond motifs is 1. The van der Waals surface area contributed by atoms with Crippen LogP contribution in [0.4, 0.5) is 0 Å². The van der Waals surface area contributed by atoms with E-state index in [4.69, 9.17) is 11.6 Å². The van der Waals surface area contributed by atoms with Gasteiger partial charge in [-0.2, -0.15) is 0 Å². The Hall–Kier alpha value is -2.53. The zero-order chi connectivity index (χ0) is 18.4. The number of aryl methyl sites for hydroxylation is 2. The molecule has 0 aliphatic rings. The van der Waals surface area contributed by atoms with Crippen molar-refractivity contribution in [2.24, 2.45) is 4.99 Å². The minimum Gasteiger partial charge on any atom is -0.356 e. The molecule has 136 valence electrons. The highest BCUT2D eigenvalue weighted by Gasteiger charge is 2.06. The summed E-state index contributed by atoms with van der Waals surface area (Å²) in [5.74, 6) is 1.85. The van der Waals surface area contributed by atoms with Crippen molar-refractivity contribution in [3.8, 4) is 0 Å². The number of imidazole rings is 1. The summed E-state index contributed by atoms with van der Waals surface area (Å²) < 4.78 is 2.26. The van der Waals surface area contributed by atoms with Crippen LogP contribution in [-0.2, 0) is 13.1 Å². The van der Waals surface area contributed by atoms with Crippen molar-refractivity contribution in [3.63, 3.8) is 0 Å². The molecule has 0 unspecified atom stereocenters. The summed E-state index contributed by atoms with van der Waals surface area (Å²) in [6, 6.07) is 16.1. The lowest BCUT2D eigenvalue weighted by Gasteiger charge is -2.13. The minimum absolute atomic E-state index is 0.710. The quantitative estimate of drug-likeness (QED) is 0.395. The summed E-state index contributed by atoms with van der Waals surface area (Å²) in [4.78, 5) is 8.88. The molecule has 3 rings (SSSR count). The van der Waals surface area contributed by atoms with E-state index in [1.165, 1.54) is 5.52 Å². The Kier molecular flexibility index (Phi) is 6.12. The van der Waals surface area contributed by atoms with E-state index in [0.29, 0.717) is 6.54 Å². The van der Waals surface area contributed by atoms with Gasteiger partial charge < -0.3 is 15.2 Å². The van der Waals surface area contributed by atoms with E-state index in [0.717, 1.165) is 47.4 Å². The fraction of sp³-hybridized carbons (Fsp3) is 0.300. The molecule has 0 saturated heterocycles. The second-order valence-corrected chi connectivity index (χ2v) is 6.57. The first kappa shape index (κ1) is 18.3. The molecule has 0 amide bonds. The van der Waals surface area contributed by atoms with Crippen LogP contribution in [-0.4, -0.2) is 29.1 Å². The first-order valence-electron chi connectivity index (χ1n) is 8.78. The topological polar surface area (TPSA) is 54.2 Å². The molecule has 0 saturated carbocycles. The molecule has 0 fully saturated rings. The second kappa shape index (κ2) is 8.72. The summed E-state index contributed by atoms with van der Waals surface area (Å²) >= 11 is 5.91. The standard InChI is InChI=1S/C20H24ClN5/c1-15-25-18-6-3-4-7-19(18)26(15)13-5-12-23-20(22-2)24-14-16-8-10-17(21)11-9-16/h3-4,6-11H,5,12-14H2,1-2H3,(H2,22,23,24). The molecule has 3 aromatic rings. The van der Waals surface area contributed by atoms with Crippen LogP contribution in [0.1, 0.15) is 17.8 Å². The van der Waals surface area contributed by atoms with Crippen molar-refractivity contribution in [3.05, 3.63) is 64.9 Å². The third kappa shape index (κ3) is 4.55. The van der Waals surface area contributed by atoms with Crippen LogP contribution in [0, 0.1) is 6.92 Å². The van der Waals surface area contributed by atoms with E-state index in [2.05, 4.69) is 50.3 Å². The summed E-state index contributed by atoms with van der Waals surface area (Å²) in [5.41, 5.74) is 3.41. The van der Waals surface area contributed by atoms with E-state index in [-0.39, 0.29) is 0 Å². The Morgan fingerprint density at radius 1 is 1.12 bits per heavy atom. The number of aliphatic imine (C=N–C) groups is 1. The number of hydrogen-bond donors (Lipinski definition) is 2. The number of rotatable bonds is 6. The maximum Gasteiger partial charge on any atom is 0.191 e. The molecule has 1 heterocycles. The highest BCUT2D eigenvalue weighted by Crippen LogP contribution is 2.15. The van der Waals surface area contributed by atoms with E-state index in [9.17, 15) is 0 Å². The molecule has 1 aromatic heterocycles. The minimum atomic E-state index is 0.710. The molecule has 26 heavy (non-hydrogen) atoms. The number of nitrogens with zero attached hydrogens (tertiary/aromatic N) is 3. The molecule has 0 radical (unpaired) electrons. The van der Waals surface area contributed by atoms with Crippen LogP contribution in [0.15, 0.2) is 53.5 Å². The molecule has 5 nitrogen and oxygen atoms in total. The average Bonchev–Trinajstić information content (AvgIpc) is 2.98. The van der Waals surface area contributed by atoms with Gasteiger partial charge in [-0.1, -0.05) is 35.9 Å². The summed E-state index contributed by atoms with van der Waals surface area (Å²) in [6.45, 7) is 4.53. The highest BCUT2D eigenvalue weighted by molar-refractivity contribution is 6.30. The van der Waals surface area contributed by atoms with Crippen LogP contribution in [0.3, 0.4) is 0 Å². The van der Waals surface area contributed by atoms with E-state index in [1.54, 1.807) is 7.05 Å². The zero-order valence-electron chi connectivity index (χ0n) is 15.2. The molecule has 6 heteroatoms. The van der Waals surface area contributed by atoms with Gasteiger partial charge in [-0.05, 0) is 43.2 Å². The van der Waals surface area contributed by atoms with E-state index < -0.39 is 0 Å². The largest absolute Gasteiger partial charge is 0.356 e. The Balaban J connectivity index is 1.47. The van der Waals surface area contributed by atoms with Gasteiger partial charge in [-0.3, -0.25) is 4.99 Å². The molecule has 0 atom stereocenters. The van der Waals surface area contributed by atoms with Gasteiger partial charge in [0.2, 0.25) is 0 Å². The van der Waals surface area contributed by atoms with Crippen LogP contribution >= 0.6 is 11.6 Å². The normalized spacial score (nSPS) is 11.7. The van der Waals surface area contributed by atoms with Crippen molar-refractivity contribution in [2.45, 2.75) is 26.4 Å². The monoisotopic (exact) mass is 369 g/mol. The summed E-state index contributed by atoms with van der Waals surface area (Å²) in [7, 11) is 1.78. The van der Waals surface area contributed by atoms with Gasteiger partial charge in [0, 0.05) is 31.7 Å². The lowest BCUT2D eigenvalue weighted by atomic mass is 10.2. The zero-order valence-corrected chi connectivity index (χ0v) is 15.9. The predicted molar refractivity (Wildman–Crippen MR) is 109 cm³/mol. The molecule has 2 N–H and O–H groups in total. The molecule has 0 spiro atoms. The fourth-order valence-corrected chi connectivity index (χ4v) is 3.06. The van der Waals surface area contributed by atoms with Crippen molar-refractivity contribution >= 4 is 28.6 Å². The number of aromatic nitrogens is 2. The van der Waals surface area contributed by atoms with Gasteiger partial charge in [0.1, 0.15) is 5.82 Å². The van der Waals surface area contributed by atoms with Gasteiger partial charge in [0.25, 0.3) is 0 Å². The first-order chi connectivity index (χ1) is 12.7. The molecule has 0 aliphatic carbocycles. The number of nitrogens with one attached hydrogen (secondary N) is 2. The Morgan fingerprint density at radius 2 is 1.88 bits per heavy atom. The van der Waals surface area contributed by atoms with Gasteiger partial charge in [0.15, 0.2) is 5.96 Å². The number of benzene rings is 2. The van der Waals surface area contributed by atoms with Crippen molar-refractivity contribution in [1.82, 2.24) is 20.2 Å². The highest BCUT2D eigenvalue weighted by atomic mass is 35.5. The van der Waals surface area contributed by atoms with Crippen molar-refractivity contribution < 1.29 is 0 Å². The first-order valence-corrected chi connectivity index (χ1v) is 9.16. The van der Waals surface area contributed by atoms with E-state index in [1.807, 2.05) is 30.3 Å². The Bertz CT molecular complexity index is 883. The number of halogens is 1. The molecular weight excluding hydrogens is 346 g/mol. The number of para-hydroxylation sites is 2. The number of hydrogen-bond acceptors (Lipinski definition) is 2. The van der Waals surface area contributed by atoms with Crippen LogP contribution in [0.2, 0.25) is 5.02 Å². The number of guanidine groups is 1. The average molecular weight is 370 g/mol. The summed E-state index contributed by atoms with van der Waals surface area (Å²) in [6.07, 6.45) is 0.989. The fourth-order valence-electron chi connectivity index (χ4n) is 2.93. The third-order valence-electron chi connectivity index (χ3n) is 4.29. The maximum atomic E-state index is 5.91. The van der Waals surface area contributed by atoms with Crippen LogP contribution in [0.5, 0.6) is 0 Å². The predicted octanol–water partition coefficient (Wildman–Crippen LogP) is 3.75. The van der Waals surface area contributed by atoms with Gasteiger partial charge in [0.05, 0.1) is 11.0 Å². The second-order valence-electron chi connectivity index (χ2n) is 6.13. The smallest absolute Gasteiger partial charge is 0.191 e. The van der Waals surface area contributed by atoms with Crippen molar-refractivity contribution in [1.29, 1.82) is 0 Å². The lowest BCUT2D eigenvalue weighted by Crippen LogP contribution is -2.37. The van der Waals surface area contributed by atoms with Gasteiger partial charge >= 0.3 is 0 Å². The summed E-state index contributed by atoms with van der Waals surface area (Å²) in [5, 5.41) is 7.43. The Labute approximate surface area is 159 Å². The molecule has 0 aliphatic heterocycles. The van der Waals surface area contributed by atoms with Crippen LogP contribution in [0.25, 0.3) is 11.0 Å². The third-order valence-corrected chi connectivity index (χ3v) is 4.55. The van der Waals surface area contributed by atoms with Crippen molar-refractivity contribution in [2.75, 3.05) is 13.6 Å². The Morgan fingerprint density at radius 3 is 2.65 bits per heavy atom.